The first-order valence-electron chi connectivity index (χ1n) is 4.35. The Morgan fingerprint density at radius 2 is 2.15 bits per heavy atom. The zero-order valence-corrected chi connectivity index (χ0v) is 7.67. The standard InChI is InChI=1S/C12H12O/c1-8-3-4-11-10(5-8)6-9(2)7-12(11)13/h3-5,7,13H,2,6H2,1H3. The van der Waals surface area contributed by atoms with Crippen molar-refractivity contribution >= 4 is 5.76 Å². The quantitative estimate of drug-likeness (QED) is 0.637. The van der Waals surface area contributed by atoms with Crippen LogP contribution in [0, 0.1) is 6.92 Å². The molecule has 0 bridgehead atoms. The highest BCUT2D eigenvalue weighted by Gasteiger charge is 2.12. The first-order valence-corrected chi connectivity index (χ1v) is 4.35. The lowest BCUT2D eigenvalue weighted by atomic mass is 9.92. The molecule has 1 aliphatic rings. The number of hydrogen-bond donors (Lipinski definition) is 1. The van der Waals surface area contributed by atoms with Crippen LogP contribution in [0.15, 0.2) is 36.4 Å². The highest BCUT2D eigenvalue weighted by Crippen LogP contribution is 2.27. The van der Waals surface area contributed by atoms with Crippen molar-refractivity contribution in [1.29, 1.82) is 0 Å². The van der Waals surface area contributed by atoms with Crippen LogP contribution < -0.4 is 0 Å². The first kappa shape index (κ1) is 8.11. The van der Waals surface area contributed by atoms with Crippen molar-refractivity contribution < 1.29 is 5.11 Å². The van der Waals surface area contributed by atoms with Gasteiger partial charge >= 0.3 is 0 Å². The van der Waals surface area contributed by atoms with Crippen molar-refractivity contribution in [3.05, 3.63) is 53.1 Å². The molecule has 0 aliphatic heterocycles. The molecular formula is C12H12O. The summed E-state index contributed by atoms with van der Waals surface area (Å²) in [7, 11) is 0. The molecule has 1 heteroatoms. The van der Waals surface area contributed by atoms with E-state index in [9.17, 15) is 5.11 Å². The lowest BCUT2D eigenvalue weighted by molar-refractivity contribution is 0.509. The Balaban J connectivity index is 2.60. The van der Waals surface area contributed by atoms with Crippen LogP contribution in [-0.4, -0.2) is 5.11 Å². The maximum atomic E-state index is 9.62. The number of allylic oxidation sites excluding steroid dienone is 2. The van der Waals surface area contributed by atoms with Crippen molar-refractivity contribution in [1.82, 2.24) is 0 Å². The molecular weight excluding hydrogens is 160 g/mol. The molecule has 0 atom stereocenters. The fourth-order valence-corrected chi connectivity index (χ4v) is 1.69. The van der Waals surface area contributed by atoms with Gasteiger partial charge in [-0.15, -0.1) is 0 Å². The molecule has 13 heavy (non-hydrogen) atoms. The van der Waals surface area contributed by atoms with Gasteiger partial charge in [0.2, 0.25) is 0 Å². The van der Waals surface area contributed by atoms with Gasteiger partial charge in [-0.25, -0.2) is 0 Å². The summed E-state index contributed by atoms with van der Waals surface area (Å²) in [6, 6.07) is 6.07. The Morgan fingerprint density at radius 1 is 1.38 bits per heavy atom. The molecule has 0 spiro atoms. The van der Waals surface area contributed by atoms with Crippen molar-refractivity contribution in [2.24, 2.45) is 0 Å². The van der Waals surface area contributed by atoms with E-state index in [2.05, 4.69) is 19.6 Å². The van der Waals surface area contributed by atoms with Gasteiger partial charge in [0.05, 0.1) is 0 Å². The molecule has 66 valence electrons. The Labute approximate surface area is 78.0 Å². The second kappa shape index (κ2) is 2.77. The van der Waals surface area contributed by atoms with E-state index in [1.54, 1.807) is 6.08 Å². The number of benzene rings is 1. The van der Waals surface area contributed by atoms with Crippen molar-refractivity contribution in [2.75, 3.05) is 0 Å². The van der Waals surface area contributed by atoms with Crippen LogP contribution in [0.4, 0.5) is 0 Å². The minimum atomic E-state index is 0.339. The molecule has 1 aliphatic carbocycles. The molecule has 1 aromatic carbocycles. The zero-order chi connectivity index (χ0) is 9.42. The van der Waals surface area contributed by atoms with Crippen molar-refractivity contribution in [3.63, 3.8) is 0 Å². The number of aryl methyl sites for hydroxylation is 1. The molecule has 0 fully saturated rings. The average molecular weight is 172 g/mol. The predicted molar refractivity (Wildman–Crippen MR) is 54.6 cm³/mol. The van der Waals surface area contributed by atoms with Crippen LogP contribution in [-0.2, 0) is 6.42 Å². The summed E-state index contributed by atoms with van der Waals surface area (Å²) in [5.74, 6) is 0.339. The zero-order valence-electron chi connectivity index (χ0n) is 7.67. The first-order chi connectivity index (χ1) is 6.16. The largest absolute Gasteiger partial charge is 0.507 e. The predicted octanol–water partition coefficient (Wildman–Crippen LogP) is 3.01. The molecule has 0 amide bonds. The molecule has 0 unspecified atom stereocenters. The third kappa shape index (κ3) is 1.37. The topological polar surface area (TPSA) is 20.2 Å². The molecule has 1 N–H and O–H groups in total. The van der Waals surface area contributed by atoms with Gasteiger partial charge in [-0.2, -0.15) is 0 Å². The van der Waals surface area contributed by atoms with E-state index >= 15 is 0 Å². The fraction of sp³-hybridized carbons (Fsp3) is 0.167. The van der Waals surface area contributed by atoms with Gasteiger partial charge in [0.1, 0.15) is 5.76 Å². The van der Waals surface area contributed by atoms with E-state index in [1.807, 2.05) is 12.1 Å². The Bertz CT molecular complexity index is 400. The molecule has 0 aromatic heterocycles. The van der Waals surface area contributed by atoms with Gasteiger partial charge < -0.3 is 5.11 Å². The summed E-state index contributed by atoms with van der Waals surface area (Å²) in [4.78, 5) is 0. The highest BCUT2D eigenvalue weighted by molar-refractivity contribution is 5.68. The Hall–Kier alpha value is -1.50. The van der Waals surface area contributed by atoms with Crippen LogP contribution in [0.5, 0.6) is 0 Å². The van der Waals surface area contributed by atoms with Crippen LogP contribution in [0.3, 0.4) is 0 Å². The second-order valence-electron chi connectivity index (χ2n) is 3.53. The molecule has 2 rings (SSSR count). The number of aliphatic hydroxyl groups excluding tert-OH is 1. The number of rotatable bonds is 0. The van der Waals surface area contributed by atoms with E-state index in [0.717, 1.165) is 17.6 Å². The van der Waals surface area contributed by atoms with Crippen molar-refractivity contribution in [2.45, 2.75) is 13.3 Å². The summed E-state index contributed by atoms with van der Waals surface area (Å²) in [5, 5.41) is 9.62. The molecule has 0 heterocycles. The summed E-state index contributed by atoms with van der Waals surface area (Å²) in [5.41, 5.74) is 4.31. The summed E-state index contributed by atoms with van der Waals surface area (Å²) < 4.78 is 0. The minimum Gasteiger partial charge on any atom is -0.507 e. The average Bonchev–Trinajstić information content (AvgIpc) is 2.02. The lowest BCUT2D eigenvalue weighted by Gasteiger charge is -2.15. The third-order valence-electron chi connectivity index (χ3n) is 2.30. The van der Waals surface area contributed by atoms with Gasteiger partial charge in [-0.3, -0.25) is 0 Å². The van der Waals surface area contributed by atoms with Gasteiger partial charge in [-0.1, -0.05) is 30.3 Å². The van der Waals surface area contributed by atoms with Crippen LogP contribution in [0.2, 0.25) is 0 Å². The van der Waals surface area contributed by atoms with Crippen LogP contribution in [0.25, 0.3) is 5.76 Å². The van der Waals surface area contributed by atoms with Crippen molar-refractivity contribution in [3.8, 4) is 0 Å². The number of fused-ring (bicyclic) bond motifs is 1. The molecule has 0 saturated heterocycles. The lowest BCUT2D eigenvalue weighted by Crippen LogP contribution is -2.01. The maximum Gasteiger partial charge on any atom is 0.123 e. The summed E-state index contributed by atoms with van der Waals surface area (Å²) in [6.07, 6.45) is 2.58. The number of aliphatic hydroxyl groups is 1. The Morgan fingerprint density at radius 3 is 2.92 bits per heavy atom. The molecule has 0 radical (unpaired) electrons. The van der Waals surface area contributed by atoms with E-state index in [-0.39, 0.29) is 0 Å². The molecule has 1 aromatic rings. The molecule has 1 nitrogen and oxygen atoms in total. The fourth-order valence-electron chi connectivity index (χ4n) is 1.69. The second-order valence-corrected chi connectivity index (χ2v) is 3.53. The SMILES string of the molecule is C=C1C=C(O)c2ccc(C)cc2C1. The smallest absolute Gasteiger partial charge is 0.123 e. The van der Waals surface area contributed by atoms with E-state index < -0.39 is 0 Å². The van der Waals surface area contributed by atoms with Crippen LogP contribution in [0.1, 0.15) is 16.7 Å². The van der Waals surface area contributed by atoms with Gasteiger partial charge in [-0.05, 0) is 30.6 Å². The monoisotopic (exact) mass is 172 g/mol. The summed E-state index contributed by atoms with van der Waals surface area (Å²) >= 11 is 0. The third-order valence-corrected chi connectivity index (χ3v) is 2.30. The van der Waals surface area contributed by atoms with E-state index in [4.69, 9.17) is 0 Å². The van der Waals surface area contributed by atoms with Gasteiger partial charge in [0.15, 0.2) is 0 Å². The highest BCUT2D eigenvalue weighted by atomic mass is 16.3. The molecule has 0 saturated carbocycles. The minimum absolute atomic E-state index is 0.339. The van der Waals surface area contributed by atoms with Gasteiger partial charge in [0, 0.05) is 5.56 Å². The van der Waals surface area contributed by atoms with Crippen LogP contribution >= 0.6 is 0 Å². The number of hydrogen-bond acceptors (Lipinski definition) is 1. The van der Waals surface area contributed by atoms with E-state index in [1.165, 1.54) is 11.1 Å². The Kier molecular flexibility index (Phi) is 1.73. The normalized spacial score (nSPS) is 15.2. The van der Waals surface area contributed by atoms with Gasteiger partial charge in [0.25, 0.3) is 0 Å². The van der Waals surface area contributed by atoms with E-state index in [0.29, 0.717) is 5.76 Å². The summed E-state index contributed by atoms with van der Waals surface area (Å²) in [6.45, 7) is 5.91. The maximum absolute atomic E-state index is 9.62.